The van der Waals surface area contributed by atoms with E-state index in [0.29, 0.717) is 33.1 Å². The summed E-state index contributed by atoms with van der Waals surface area (Å²) in [7, 11) is -8.44. The molecular formula is C21H17NO6S2. The van der Waals surface area contributed by atoms with Crippen molar-refractivity contribution in [3.8, 4) is 11.3 Å². The smallest absolute Gasteiger partial charge is 0.269 e. The van der Waals surface area contributed by atoms with Gasteiger partial charge in [0.2, 0.25) is 0 Å². The summed E-state index contributed by atoms with van der Waals surface area (Å²) >= 11 is 0. The largest absolute Gasteiger partial charge is 0.285 e. The van der Waals surface area contributed by atoms with E-state index in [9.17, 15) is 25.9 Å². The molecule has 0 unspecified atom stereocenters. The van der Waals surface area contributed by atoms with Crippen LogP contribution in [0.25, 0.3) is 32.9 Å². The highest BCUT2D eigenvalue weighted by Gasteiger charge is 2.15. The number of pyridine rings is 1. The van der Waals surface area contributed by atoms with E-state index in [-0.39, 0.29) is 0 Å². The minimum absolute atomic E-state index is 0.376. The summed E-state index contributed by atoms with van der Waals surface area (Å²) in [6.07, 6.45) is 0. The first-order valence-corrected chi connectivity index (χ1v) is 12.1. The normalized spacial score (nSPS) is 12.5. The fourth-order valence-electron chi connectivity index (χ4n) is 3.51. The van der Waals surface area contributed by atoms with Crippen molar-refractivity contribution in [3.05, 3.63) is 77.9 Å². The van der Waals surface area contributed by atoms with E-state index in [1.165, 1.54) is 0 Å². The van der Waals surface area contributed by atoms with E-state index >= 15 is 0 Å². The Balaban J connectivity index is 2.04. The van der Waals surface area contributed by atoms with Gasteiger partial charge < -0.3 is 0 Å². The minimum atomic E-state index is -4.22. The standard InChI is InChI=1S/C21H17NO6S2/c23-29(24,25)12-14-6-8-17-18(10-14)19-11-15(13-30(26,27)28)7-9-20(19)22-21(17)16-4-2-1-3-5-16/h1-11H,12-13H2,(H,23,24,25)(H,26,27,28). The van der Waals surface area contributed by atoms with Crippen LogP contribution >= 0.6 is 0 Å². The third kappa shape index (κ3) is 4.49. The summed E-state index contributed by atoms with van der Waals surface area (Å²) in [6, 6.07) is 19.3. The van der Waals surface area contributed by atoms with Gasteiger partial charge >= 0.3 is 0 Å². The molecule has 0 fully saturated rings. The lowest BCUT2D eigenvalue weighted by molar-refractivity contribution is 0.479. The maximum atomic E-state index is 11.3. The topological polar surface area (TPSA) is 122 Å². The molecule has 9 heteroatoms. The molecule has 1 heterocycles. The van der Waals surface area contributed by atoms with Gasteiger partial charge in [0, 0.05) is 16.3 Å². The second-order valence-corrected chi connectivity index (χ2v) is 9.92. The molecule has 0 bridgehead atoms. The highest BCUT2D eigenvalue weighted by Crippen LogP contribution is 2.34. The molecule has 0 aliphatic heterocycles. The highest BCUT2D eigenvalue weighted by molar-refractivity contribution is 7.85. The van der Waals surface area contributed by atoms with Crippen LogP contribution in [0.15, 0.2) is 66.7 Å². The summed E-state index contributed by atoms with van der Waals surface area (Å²) in [5.74, 6) is -1.09. The predicted molar refractivity (Wildman–Crippen MR) is 115 cm³/mol. The molecule has 0 radical (unpaired) electrons. The maximum absolute atomic E-state index is 11.3. The van der Waals surface area contributed by atoms with Gasteiger partial charge in [-0.05, 0) is 34.7 Å². The lowest BCUT2D eigenvalue weighted by Crippen LogP contribution is -2.02. The number of benzene rings is 3. The van der Waals surface area contributed by atoms with Gasteiger partial charge in [-0.1, -0.05) is 48.5 Å². The number of nitrogens with zero attached hydrogens (tertiary/aromatic N) is 1. The molecule has 2 N–H and O–H groups in total. The Morgan fingerprint density at radius 2 is 1.23 bits per heavy atom. The van der Waals surface area contributed by atoms with Gasteiger partial charge in [0.05, 0.1) is 11.2 Å². The number of hydrogen-bond donors (Lipinski definition) is 2. The number of aromatic nitrogens is 1. The lowest BCUT2D eigenvalue weighted by atomic mass is 9.98. The summed E-state index contributed by atoms with van der Waals surface area (Å²) in [6.45, 7) is 0. The number of fused-ring (bicyclic) bond motifs is 3. The first-order chi connectivity index (χ1) is 14.1. The summed E-state index contributed by atoms with van der Waals surface area (Å²) < 4.78 is 63.7. The van der Waals surface area contributed by atoms with Crippen LogP contribution in [0.4, 0.5) is 0 Å². The third-order valence-electron chi connectivity index (χ3n) is 4.67. The average Bonchev–Trinajstić information content (AvgIpc) is 2.65. The molecule has 0 aliphatic carbocycles. The number of hydrogen-bond acceptors (Lipinski definition) is 5. The van der Waals surface area contributed by atoms with Crippen LogP contribution in [0.2, 0.25) is 0 Å². The molecule has 3 aromatic carbocycles. The molecule has 154 valence electrons. The van der Waals surface area contributed by atoms with E-state index in [1.54, 1.807) is 36.4 Å². The van der Waals surface area contributed by atoms with Crippen molar-refractivity contribution in [2.75, 3.05) is 0 Å². The fourth-order valence-corrected chi connectivity index (χ4v) is 4.72. The van der Waals surface area contributed by atoms with Crippen LogP contribution in [-0.2, 0) is 31.7 Å². The quantitative estimate of drug-likeness (QED) is 0.355. The summed E-state index contributed by atoms with van der Waals surface area (Å²) in [5.41, 5.74) is 2.91. The van der Waals surface area contributed by atoms with E-state index in [1.807, 2.05) is 30.3 Å². The van der Waals surface area contributed by atoms with Crippen molar-refractivity contribution in [2.24, 2.45) is 0 Å². The molecule has 0 saturated heterocycles. The van der Waals surface area contributed by atoms with Gasteiger partial charge in [0.15, 0.2) is 0 Å². The van der Waals surface area contributed by atoms with Crippen molar-refractivity contribution >= 4 is 41.9 Å². The Bertz CT molecular complexity index is 1480. The zero-order chi connectivity index (χ0) is 21.5. The van der Waals surface area contributed by atoms with Crippen LogP contribution < -0.4 is 0 Å². The zero-order valence-corrected chi connectivity index (χ0v) is 17.2. The van der Waals surface area contributed by atoms with Crippen LogP contribution in [-0.4, -0.2) is 30.9 Å². The molecule has 0 spiro atoms. The zero-order valence-electron chi connectivity index (χ0n) is 15.6. The second kappa shape index (κ2) is 7.44. The van der Waals surface area contributed by atoms with Gasteiger partial charge in [-0.3, -0.25) is 9.11 Å². The third-order valence-corrected chi connectivity index (χ3v) is 6.06. The van der Waals surface area contributed by atoms with Crippen LogP contribution in [0, 0.1) is 0 Å². The first-order valence-electron chi connectivity index (χ1n) is 8.90. The Kier molecular flexibility index (Phi) is 5.07. The van der Waals surface area contributed by atoms with E-state index < -0.39 is 31.7 Å². The Morgan fingerprint density at radius 3 is 1.83 bits per heavy atom. The molecule has 0 saturated carbocycles. The second-order valence-electron chi connectivity index (χ2n) is 7.01. The molecule has 4 rings (SSSR count). The molecule has 1 aromatic heterocycles. The molecular weight excluding hydrogens is 426 g/mol. The number of rotatable bonds is 5. The van der Waals surface area contributed by atoms with E-state index in [0.717, 1.165) is 10.9 Å². The molecule has 7 nitrogen and oxygen atoms in total. The van der Waals surface area contributed by atoms with Gasteiger partial charge in [-0.25, -0.2) is 4.98 Å². The van der Waals surface area contributed by atoms with E-state index in [2.05, 4.69) is 0 Å². The van der Waals surface area contributed by atoms with Crippen molar-refractivity contribution in [1.29, 1.82) is 0 Å². The average molecular weight is 444 g/mol. The predicted octanol–water partition coefficient (Wildman–Crippen LogP) is 3.83. The van der Waals surface area contributed by atoms with Crippen LogP contribution in [0.1, 0.15) is 11.1 Å². The summed E-state index contributed by atoms with van der Waals surface area (Å²) in [5, 5.41) is 2.03. The van der Waals surface area contributed by atoms with E-state index in [4.69, 9.17) is 4.98 Å². The highest BCUT2D eigenvalue weighted by atomic mass is 32.2. The van der Waals surface area contributed by atoms with Gasteiger partial charge in [-0.15, -0.1) is 0 Å². The molecule has 0 aliphatic rings. The van der Waals surface area contributed by atoms with Gasteiger partial charge in [0.1, 0.15) is 11.5 Å². The SMILES string of the molecule is O=S(=O)(O)Cc1ccc2nc(-c3ccccc3)c3ccc(CS(=O)(=O)O)cc3c2c1. The van der Waals surface area contributed by atoms with Crippen molar-refractivity contribution in [3.63, 3.8) is 0 Å². The van der Waals surface area contributed by atoms with Gasteiger partial charge in [-0.2, -0.15) is 16.8 Å². The van der Waals surface area contributed by atoms with Crippen molar-refractivity contribution < 1.29 is 25.9 Å². The maximum Gasteiger partial charge on any atom is 0.269 e. The summed E-state index contributed by atoms with van der Waals surface area (Å²) in [4.78, 5) is 4.74. The van der Waals surface area contributed by atoms with Gasteiger partial charge in [0.25, 0.3) is 20.2 Å². The fraction of sp³-hybridized carbons (Fsp3) is 0.0952. The Labute approximate surface area is 173 Å². The first kappa shape index (κ1) is 20.4. The Morgan fingerprint density at radius 1 is 0.667 bits per heavy atom. The van der Waals surface area contributed by atoms with Crippen molar-refractivity contribution in [1.82, 2.24) is 4.98 Å². The minimum Gasteiger partial charge on any atom is -0.285 e. The molecule has 4 aromatic rings. The molecule has 0 amide bonds. The Hall–Kier alpha value is -2.85. The monoisotopic (exact) mass is 443 g/mol. The molecule has 0 atom stereocenters. The van der Waals surface area contributed by atoms with Crippen molar-refractivity contribution in [2.45, 2.75) is 11.5 Å². The molecule has 30 heavy (non-hydrogen) atoms. The van der Waals surface area contributed by atoms with Crippen LogP contribution in [0.5, 0.6) is 0 Å². The van der Waals surface area contributed by atoms with Crippen LogP contribution in [0.3, 0.4) is 0 Å². The lowest BCUT2D eigenvalue weighted by Gasteiger charge is -2.12.